The molecule has 0 bridgehead atoms. The van der Waals surface area contributed by atoms with Gasteiger partial charge in [0.25, 0.3) is 5.91 Å². The summed E-state index contributed by atoms with van der Waals surface area (Å²) in [6.45, 7) is 2.36. The van der Waals surface area contributed by atoms with E-state index in [-0.39, 0.29) is 16.9 Å². The second-order valence-electron chi connectivity index (χ2n) is 3.76. The molecule has 0 saturated carbocycles. The smallest absolute Gasteiger partial charge is 0.289 e. The first-order valence-corrected chi connectivity index (χ1v) is 4.63. The fourth-order valence-corrected chi connectivity index (χ4v) is 1.65. The number of hydrogen-bond donors (Lipinski definition) is 1. The van der Waals surface area contributed by atoms with Crippen LogP contribution < -0.4 is 0 Å². The molecule has 0 spiro atoms. The van der Waals surface area contributed by atoms with E-state index in [1.54, 1.807) is 6.92 Å². The van der Waals surface area contributed by atoms with Crippen molar-refractivity contribution in [1.29, 1.82) is 0 Å². The van der Waals surface area contributed by atoms with Crippen LogP contribution in [0.2, 0.25) is 5.22 Å². The largest absolute Gasteiger partial charge is 0.440 e. The van der Waals surface area contributed by atoms with Gasteiger partial charge in [-0.1, -0.05) is 0 Å². The summed E-state index contributed by atoms with van der Waals surface area (Å²) in [6, 6.07) is 3.05. The lowest BCUT2D eigenvalue weighted by Gasteiger charge is -2.43. The number of aliphatic hydroxyl groups is 1. The summed E-state index contributed by atoms with van der Waals surface area (Å²) in [6.07, 6.45) is 0. The van der Waals surface area contributed by atoms with Gasteiger partial charge in [-0.2, -0.15) is 0 Å². The van der Waals surface area contributed by atoms with Crippen LogP contribution in [0.4, 0.5) is 0 Å². The molecule has 0 radical (unpaired) electrons. The van der Waals surface area contributed by atoms with Crippen LogP contribution in [0.1, 0.15) is 17.5 Å². The van der Waals surface area contributed by atoms with Crippen molar-refractivity contribution in [2.75, 3.05) is 13.1 Å². The molecular weight excluding hydrogens is 206 g/mol. The summed E-state index contributed by atoms with van der Waals surface area (Å²) in [5.74, 6) is -0.0195. The fraction of sp³-hybridized carbons (Fsp3) is 0.444. The molecule has 1 aliphatic rings. The Balaban J connectivity index is 2.04. The molecule has 1 aliphatic heterocycles. The highest BCUT2D eigenvalue weighted by molar-refractivity contribution is 6.29. The van der Waals surface area contributed by atoms with Crippen molar-refractivity contribution < 1.29 is 14.3 Å². The van der Waals surface area contributed by atoms with Crippen molar-refractivity contribution in [2.45, 2.75) is 12.5 Å². The second-order valence-corrected chi connectivity index (χ2v) is 4.13. The van der Waals surface area contributed by atoms with Crippen molar-refractivity contribution in [3.63, 3.8) is 0 Å². The molecule has 2 rings (SSSR count). The van der Waals surface area contributed by atoms with Crippen molar-refractivity contribution in [1.82, 2.24) is 4.90 Å². The summed E-state index contributed by atoms with van der Waals surface area (Å²) < 4.78 is 4.96. The van der Waals surface area contributed by atoms with Crippen LogP contribution in [0, 0.1) is 0 Å². The highest BCUT2D eigenvalue weighted by Gasteiger charge is 2.40. The van der Waals surface area contributed by atoms with Gasteiger partial charge in [0.2, 0.25) is 0 Å². The van der Waals surface area contributed by atoms with Gasteiger partial charge in [-0.3, -0.25) is 4.79 Å². The maximum Gasteiger partial charge on any atom is 0.289 e. The van der Waals surface area contributed by atoms with E-state index in [1.165, 1.54) is 17.0 Å². The van der Waals surface area contributed by atoms with Gasteiger partial charge < -0.3 is 14.4 Å². The SMILES string of the molecule is CC1(O)CN(C(=O)c2ccc(Cl)o2)C1. The average Bonchev–Trinajstić information content (AvgIpc) is 2.46. The Bertz CT molecular complexity index is 364. The highest BCUT2D eigenvalue weighted by Crippen LogP contribution is 2.23. The molecular formula is C9H10ClNO3. The number of hydrogen-bond acceptors (Lipinski definition) is 3. The molecule has 1 aromatic rings. The first-order chi connectivity index (χ1) is 6.48. The normalized spacial score (nSPS) is 19.2. The summed E-state index contributed by atoms with van der Waals surface area (Å²) in [5, 5.41) is 9.63. The summed E-state index contributed by atoms with van der Waals surface area (Å²) in [5.41, 5.74) is -0.758. The Kier molecular flexibility index (Phi) is 2.05. The molecule has 1 fully saturated rings. The molecule has 0 aromatic carbocycles. The van der Waals surface area contributed by atoms with Gasteiger partial charge in [0.15, 0.2) is 11.0 Å². The number of halogens is 1. The summed E-state index contributed by atoms with van der Waals surface area (Å²) in [4.78, 5) is 13.1. The second kappa shape index (κ2) is 3.00. The van der Waals surface area contributed by atoms with E-state index in [4.69, 9.17) is 16.0 Å². The van der Waals surface area contributed by atoms with Gasteiger partial charge in [0.05, 0.1) is 18.7 Å². The molecule has 2 heterocycles. The molecule has 0 atom stereocenters. The quantitative estimate of drug-likeness (QED) is 0.765. The third kappa shape index (κ3) is 1.63. The lowest BCUT2D eigenvalue weighted by molar-refractivity contribution is -0.0678. The van der Waals surface area contributed by atoms with Crippen molar-refractivity contribution in [3.8, 4) is 0 Å². The number of carbonyl (C=O) groups is 1. The first-order valence-electron chi connectivity index (χ1n) is 4.25. The third-order valence-corrected chi connectivity index (χ3v) is 2.34. The lowest BCUT2D eigenvalue weighted by atomic mass is 9.97. The van der Waals surface area contributed by atoms with Gasteiger partial charge in [0, 0.05) is 0 Å². The topological polar surface area (TPSA) is 53.7 Å². The van der Waals surface area contributed by atoms with Crippen LogP contribution in [0.15, 0.2) is 16.5 Å². The van der Waals surface area contributed by atoms with Crippen LogP contribution in [-0.2, 0) is 0 Å². The van der Waals surface area contributed by atoms with Gasteiger partial charge >= 0.3 is 0 Å². The van der Waals surface area contributed by atoms with E-state index < -0.39 is 5.60 Å². The van der Waals surface area contributed by atoms with Crippen molar-refractivity contribution in [2.24, 2.45) is 0 Å². The molecule has 76 valence electrons. The number of β-amino-alcohol motifs (C(OH)–C–C–N with tert-alkyl or cyclic N) is 1. The number of rotatable bonds is 1. The zero-order valence-electron chi connectivity index (χ0n) is 7.66. The van der Waals surface area contributed by atoms with Crippen molar-refractivity contribution in [3.05, 3.63) is 23.1 Å². The van der Waals surface area contributed by atoms with Crippen LogP contribution in [0.5, 0.6) is 0 Å². The molecule has 4 nitrogen and oxygen atoms in total. The molecule has 14 heavy (non-hydrogen) atoms. The maximum atomic E-state index is 11.6. The van der Waals surface area contributed by atoms with E-state index in [9.17, 15) is 9.90 Å². The summed E-state index contributed by atoms with van der Waals surface area (Å²) >= 11 is 5.54. The molecule has 1 N–H and O–H groups in total. The molecule has 1 amide bonds. The zero-order valence-corrected chi connectivity index (χ0v) is 8.41. The van der Waals surface area contributed by atoms with Gasteiger partial charge in [-0.05, 0) is 30.7 Å². The molecule has 0 aliphatic carbocycles. The van der Waals surface area contributed by atoms with Gasteiger partial charge in [0.1, 0.15) is 0 Å². The molecule has 1 saturated heterocycles. The van der Waals surface area contributed by atoms with Crippen LogP contribution in [0.25, 0.3) is 0 Å². The number of furan rings is 1. The standard InChI is InChI=1S/C9H10ClNO3/c1-9(13)4-11(5-9)8(12)6-2-3-7(10)14-6/h2-3,13H,4-5H2,1H3. The van der Waals surface area contributed by atoms with E-state index in [1.807, 2.05) is 0 Å². The van der Waals surface area contributed by atoms with E-state index in [2.05, 4.69) is 0 Å². The Morgan fingerprint density at radius 3 is 2.71 bits per heavy atom. The molecule has 1 aromatic heterocycles. The minimum Gasteiger partial charge on any atom is -0.440 e. The van der Waals surface area contributed by atoms with E-state index in [0.717, 1.165) is 0 Å². The maximum absolute atomic E-state index is 11.6. The van der Waals surface area contributed by atoms with Crippen LogP contribution in [0.3, 0.4) is 0 Å². The van der Waals surface area contributed by atoms with E-state index in [0.29, 0.717) is 13.1 Å². The third-order valence-electron chi connectivity index (χ3n) is 2.13. The predicted molar refractivity (Wildman–Crippen MR) is 50.2 cm³/mol. The number of likely N-dealkylation sites (tertiary alicyclic amines) is 1. The molecule has 0 unspecified atom stereocenters. The average molecular weight is 216 g/mol. The minimum absolute atomic E-state index is 0.195. The Labute approximate surface area is 86.1 Å². The van der Waals surface area contributed by atoms with Crippen molar-refractivity contribution >= 4 is 17.5 Å². The van der Waals surface area contributed by atoms with Crippen LogP contribution in [-0.4, -0.2) is 34.6 Å². The summed E-state index contributed by atoms with van der Waals surface area (Å²) in [7, 11) is 0. The lowest BCUT2D eigenvalue weighted by Crippen LogP contribution is -2.61. The fourth-order valence-electron chi connectivity index (χ4n) is 1.50. The van der Waals surface area contributed by atoms with Crippen LogP contribution >= 0.6 is 11.6 Å². The Hall–Kier alpha value is -1.00. The van der Waals surface area contributed by atoms with Gasteiger partial charge in [-0.15, -0.1) is 0 Å². The monoisotopic (exact) mass is 215 g/mol. The number of carbonyl (C=O) groups excluding carboxylic acids is 1. The minimum atomic E-state index is -0.758. The highest BCUT2D eigenvalue weighted by atomic mass is 35.5. The Morgan fingerprint density at radius 2 is 2.29 bits per heavy atom. The first kappa shape index (κ1) is 9.55. The zero-order chi connectivity index (χ0) is 10.3. The predicted octanol–water partition coefficient (Wildman–Crippen LogP) is 1.14. The number of nitrogens with zero attached hydrogens (tertiary/aromatic N) is 1. The number of amides is 1. The van der Waals surface area contributed by atoms with E-state index >= 15 is 0 Å². The van der Waals surface area contributed by atoms with Gasteiger partial charge in [-0.25, -0.2) is 0 Å². The Morgan fingerprint density at radius 1 is 1.64 bits per heavy atom. The molecule has 5 heteroatoms.